The van der Waals surface area contributed by atoms with E-state index in [0.717, 1.165) is 23.9 Å². The minimum Gasteiger partial charge on any atom is -0.495 e. The van der Waals surface area contributed by atoms with Gasteiger partial charge in [-0.2, -0.15) is 0 Å². The Labute approximate surface area is 121 Å². The predicted molar refractivity (Wildman–Crippen MR) is 81.5 cm³/mol. The first kappa shape index (κ1) is 14.7. The molecule has 1 fully saturated rings. The Hall–Kier alpha value is -0.730. The molecule has 106 valence electrons. The van der Waals surface area contributed by atoms with Crippen molar-refractivity contribution in [3.05, 3.63) is 28.3 Å². The van der Waals surface area contributed by atoms with E-state index >= 15 is 0 Å². The Balaban J connectivity index is 2.46. The lowest BCUT2D eigenvalue weighted by molar-refractivity contribution is 0.391. The molecule has 1 aromatic carbocycles. The summed E-state index contributed by atoms with van der Waals surface area (Å²) in [6, 6.07) is 4.32. The number of rotatable bonds is 2. The molecule has 0 spiro atoms. The van der Waals surface area contributed by atoms with Gasteiger partial charge in [0.1, 0.15) is 5.75 Å². The van der Waals surface area contributed by atoms with Gasteiger partial charge in [-0.1, -0.05) is 38.4 Å². The third-order valence-corrected chi connectivity index (χ3v) is 4.16. The minimum atomic E-state index is 0.104. The topological polar surface area (TPSA) is 21.3 Å². The first-order chi connectivity index (χ1) is 8.93. The molecule has 0 bridgehead atoms. The summed E-state index contributed by atoms with van der Waals surface area (Å²) in [5.74, 6) is 1.35. The average molecular weight is 282 g/mol. The van der Waals surface area contributed by atoms with Crippen LogP contribution in [0.25, 0.3) is 0 Å². The zero-order chi connectivity index (χ0) is 14.0. The van der Waals surface area contributed by atoms with Crippen LogP contribution in [0, 0.1) is 0 Å². The molecule has 1 N–H and O–H groups in total. The Morgan fingerprint density at radius 3 is 2.58 bits per heavy atom. The van der Waals surface area contributed by atoms with Crippen LogP contribution >= 0.6 is 11.6 Å². The molecule has 19 heavy (non-hydrogen) atoms. The summed E-state index contributed by atoms with van der Waals surface area (Å²) in [4.78, 5) is 0. The Kier molecular flexibility index (Phi) is 4.42. The van der Waals surface area contributed by atoms with Crippen molar-refractivity contribution in [3.63, 3.8) is 0 Å². The van der Waals surface area contributed by atoms with Crippen molar-refractivity contribution in [3.8, 4) is 5.75 Å². The van der Waals surface area contributed by atoms with E-state index in [1.54, 1.807) is 7.11 Å². The number of halogens is 1. The largest absolute Gasteiger partial charge is 0.495 e. The van der Waals surface area contributed by atoms with Gasteiger partial charge in [0.2, 0.25) is 0 Å². The summed E-state index contributed by atoms with van der Waals surface area (Å²) >= 11 is 6.41. The van der Waals surface area contributed by atoms with Gasteiger partial charge in [-0.15, -0.1) is 0 Å². The van der Waals surface area contributed by atoms with Gasteiger partial charge in [0, 0.05) is 18.0 Å². The van der Waals surface area contributed by atoms with Crippen molar-refractivity contribution in [2.45, 2.75) is 44.9 Å². The number of piperidine rings is 1. The summed E-state index contributed by atoms with van der Waals surface area (Å²) < 4.78 is 5.54. The quantitative estimate of drug-likeness (QED) is 0.881. The molecule has 0 radical (unpaired) electrons. The number of methoxy groups -OCH3 is 1. The monoisotopic (exact) mass is 281 g/mol. The van der Waals surface area contributed by atoms with Crippen LogP contribution in [0.2, 0.25) is 5.02 Å². The van der Waals surface area contributed by atoms with E-state index in [1.165, 1.54) is 24.0 Å². The normalized spacial score (nSPS) is 20.4. The van der Waals surface area contributed by atoms with Crippen LogP contribution in [-0.4, -0.2) is 20.2 Å². The molecule has 1 aromatic rings. The van der Waals surface area contributed by atoms with Crippen molar-refractivity contribution < 1.29 is 4.74 Å². The minimum absolute atomic E-state index is 0.104. The molecule has 1 aliphatic heterocycles. The van der Waals surface area contributed by atoms with Crippen molar-refractivity contribution in [1.82, 2.24) is 5.32 Å². The smallest absolute Gasteiger partial charge is 0.140 e. The number of hydrogen-bond acceptors (Lipinski definition) is 2. The third kappa shape index (κ3) is 3.24. The van der Waals surface area contributed by atoms with E-state index in [4.69, 9.17) is 16.3 Å². The molecule has 1 heterocycles. The van der Waals surface area contributed by atoms with Crippen LogP contribution in [0.4, 0.5) is 0 Å². The second-order valence-corrected chi connectivity index (χ2v) is 6.78. The zero-order valence-electron chi connectivity index (χ0n) is 12.3. The fourth-order valence-corrected chi connectivity index (χ4v) is 2.99. The van der Waals surface area contributed by atoms with E-state index in [9.17, 15) is 0 Å². The molecule has 1 aliphatic rings. The summed E-state index contributed by atoms with van der Waals surface area (Å²) in [7, 11) is 1.71. The highest BCUT2D eigenvalue weighted by Crippen LogP contribution is 2.40. The van der Waals surface area contributed by atoms with E-state index in [1.807, 2.05) is 6.07 Å². The van der Waals surface area contributed by atoms with Crippen LogP contribution in [0.3, 0.4) is 0 Å². The third-order valence-electron chi connectivity index (χ3n) is 3.88. The Morgan fingerprint density at radius 2 is 2.05 bits per heavy atom. The fourth-order valence-electron chi connectivity index (χ4n) is 2.68. The van der Waals surface area contributed by atoms with Crippen LogP contribution < -0.4 is 10.1 Å². The Bertz CT molecular complexity index is 445. The van der Waals surface area contributed by atoms with Crippen molar-refractivity contribution >= 4 is 11.6 Å². The lowest BCUT2D eigenvalue weighted by Gasteiger charge is -2.28. The molecular formula is C16H24ClNO. The molecule has 0 amide bonds. The highest BCUT2D eigenvalue weighted by molar-refractivity contribution is 6.32. The lowest BCUT2D eigenvalue weighted by Crippen LogP contribution is -2.29. The second-order valence-electron chi connectivity index (χ2n) is 6.37. The van der Waals surface area contributed by atoms with Crippen LogP contribution in [-0.2, 0) is 5.41 Å². The maximum Gasteiger partial charge on any atom is 0.140 e. The molecule has 0 aliphatic carbocycles. The lowest BCUT2D eigenvalue weighted by atomic mass is 9.82. The van der Waals surface area contributed by atoms with Crippen molar-refractivity contribution in [2.75, 3.05) is 20.2 Å². The highest BCUT2D eigenvalue weighted by Gasteiger charge is 2.24. The summed E-state index contributed by atoms with van der Waals surface area (Å²) in [5, 5.41) is 4.20. The predicted octanol–water partition coefficient (Wildman–Crippen LogP) is 4.11. The van der Waals surface area contributed by atoms with Crippen molar-refractivity contribution in [1.29, 1.82) is 0 Å². The van der Waals surface area contributed by atoms with Gasteiger partial charge in [0.05, 0.1) is 12.1 Å². The van der Waals surface area contributed by atoms with Crippen LogP contribution in [0.5, 0.6) is 5.75 Å². The number of benzene rings is 1. The van der Waals surface area contributed by atoms with E-state index in [-0.39, 0.29) is 5.41 Å². The van der Waals surface area contributed by atoms with Gasteiger partial charge in [-0.25, -0.2) is 0 Å². The SMILES string of the molecule is COc1c(Cl)cc(C(C)(C)C)cc1C1CCCNC1. The molecular weight excluding hydrogens is 258 g/mol. The molecule has 1 saturated heterocycles. The fraction of sp³-hybridized carbons (Fsp3) is 0.625. The van der Waals surface area contributed by atoms with Crippen LogP contribution in [0.1, 0.15) is 50.7 Å². The van der Waals surface area contributed by atoms with Gasteiger partial charge in [0.25, 0.3) is 0 Å². The van der Waals surface area contributed by atoms with Gasteiger partial charge in [-0.3, -0.25) is 0 Å². The highest BCUT2D eigenvalue weighted by atomic mass is 35.5. The number of ether oxygens (including phenoxy) is 1. The average Bonchev–Trinajstić information content (AvgIpc) is 2.37. The first-order valence-corrected chi connectivity index (χ1v) is 7.40. The van der Waals surface area contributed by atoms with E-state index in [0.29, 0.717) is 5.92 Å². The molecule has 2 rings (SSSR count). The van der Waals surface area contributed by atoms with Crippen LogP contribution in [0.15, 0.2) is 12.1 Å². The molecule has 0 aromatic heterocycles. The first-order valence-electron chi connectivity index (χ1n) is 7.02. The molecule has 1 atom stereocenters. The maximum atomic E-state index is 6.41. The van der Waals surface area contributed by atoms with Gasteiger partial charge in [0.15, 0.2) is 0 Å². The van der Waals surface area contributed by atoms with Crippen molar-refractivity contribution in [2.24, 2.45) is 0 Å². The number of hydrogen-bond donors (Lipinski definition) is 1. The maximum absolute atomic E-state index is 6.41. The summed E-state index contributed by atoms with van der Waals surface area (Å²) in [6.07, 6.45) is 2.42. The second kappa shape index (κ2) is 5.72. The van der Waals surface area contributed by atoms with Gasteiger partial charge < -0.3 is 10.1 Å². The van der Waals surface area contributed by atoms with E-state index < -0.39 is 0 Å². The standard InChI is InChI=1S/C16H24ClNO/c1-16(2,3)12-8-13(11-6-5-7-18-10-11)15(19-4)14(17)9-12/h8-9,11,18H,5-7,10H2,1-4H3. The molecule has 3 heteroatoms. The molecule has 1 unspecified atom stereocenters. The van der Waals surface area contributed by atoms with Gasteiger partial charge in [-0.05, 0) is 36.4 Å². The molecule has 0 saturated carbocycles. The van der Waals surface area contributed by atoms with E-state index in [2.05, 4.69) is 32.2 Å². The summed E-state index contributed by atoms with van der Waals surface area (Å²) in [5.41, 5.74) is 2.64. The summed E-state index contributed by atoms with van der Waals surface area (Å²) in [6.45, 7) is 8.78. The zero-order valence-corrected chi connectivity index (χ0v) is 13.1. The molecule has 2 nitrogen and oxygen atoms in total. The Morgan fingerprint density at radius 1 is 1.32 bits per heavy atom. The van der Waals surface area contributed by atoms with Gasteiger partial charge >= 0.3 is 0 Å². The number of nitrogens with one attached hydrogen (secondary N) is 1.